The Morgan fingerprint density at radius 1 is 1.09 bits per heavy atom. The number of aromatic carboxylic acids is 1. The van der Waals surface area contributed by atoms with Crippen molar-refractivity contribution in [3.8, 4) is 0 Å². The summed E-state index contributed by atoms with van der Waals surface area (Å²) in [6.45, 7) is 6.12. The Morgan fingerprint density at radius 3 is 2.31 bits per heavy atom. The van der Waals surface area contributed by atoms with Crippen LogP contribution in [0, 0.1) is 0 Å². The van der Waals surface area contributed by atoms with Crippen LogP contribution >= 0.6 is 0 Å². The maximum absolute atomic E-state index is 13.0. The lowest BCUT2D eigenvalue weighted by atomic mass is 10.0. The first kappa shape index (κ1) is 25.7. The van der Waals surface area contributed by atoms with Gasteiger partial charge in [-0.25, -0.2) is 9.59 Å². The molecular weight excluding hydrogens is 454 g/mol. The first-order valence-corrected chi connectivity index (χ1v) is 11.1. The Morgan fingerprint density at radius 2 is 1.74 bits per heavy atom. The summed E-state index contributed by atoms with van der Waals surface area (Å²) in [5.74, 6) is -1.69. The number of nitrogens with one attached hydrogen (secondary N) is 2. The van der Waals surface area contributed by atoms with Crippen molar-refractivity contribution in [2.45, 2.75) is 38.8 Å². The number of alkyl carbamates (subject to hydrolysis) is 1. The fourth-order valence-electron chi connectivity index (χ4n) is 3.42. The number of amides is 3. The van der Waals surface area contributed by atoms with Crippen LogP contribution in [0.1, 0.15) is 36.7 Å². The molecule has 1 aliphatic rings. The molecule has 0 spiro atoms. The summed E-state index contributed by atoms with van der Waals surface area (Å²) in [5.41, 5.74) is 1.21. The Bertz CT molecular complexity index is 1080. The van der Waals surface area contributed by atoms with E-state index in [4.69, 9.17) is 14.6 Å². The minimum absolute atomic E-state index is 0.0389. The Labute approximate surface area is 203 Å². The van der Waals surface area contributed by atoms with E-state index >= 15 is 0 Å². The van der Waals surface area contributed by atoms with Gasteiger partial charge in [-0.05, 0) is 62.7 Å². The highest BCUT2D eigenvalue weighted by Crippen LogP contribution is 2.19. The van der Waals surface area contributed by atoms with E-state index in [1.165, 1.54) is 24.3 Å². The van der Waals surface area contributed by atoms with Gasteiger partial charge in [0.1, 0.15) is 18.2 Å². The van der Waals surface area contributed by atoms with Crippen LogP contribution in [0.15, 0.2) is 48.5 Å². The van der Waals surface area contributed by atoms with Gasteiger partial charge in [-0.3, -0.25) is 9.59 Å². The fraction of sp³-hybridized carbons (Fsp3) is 0.360. The second-order valence-electron chi connectivity index (χ2n) is 9.04. The number of carbonyl (C=O) groups excluding carboxylic acids is 3. The lowest BCUT2D eigenvalue weighted by molar-refractivity contribution is -0.125. The van der Waals surface area contributed by atoms with E-state index in [0.29, 0.717) is 18.8 Å². The Kier molecular flexibility index (Phi) is 8.08. The van der Waals surface area contributed by atoms with E-state index in [-0.39, 0.29) is 24.5 Å². The topological polar surface area (TPSA) is 134 Å². The maximum atomic E-state index is 13.0. The zero-order valence-electron chi connectivity index (χ0n) is 19.9. The van der Waals surface area contributed by atoms with Crippen LogP contribution in [-0.4, -0.2) is 60.4 Å². The molecule has 186 valence electrons. The second-order valence-corrected chi connectivity index (χ2v) is 9.04. The second kappa shape index (κ2) is 11.0. The van der Waals surface area contributed by atoms with Crippen LogP contribution in [0.25, 0.3) is 0 Å². The quantitative estimate of drug-likeness (QED) is 0.551. The predicted octanol–water partition coefficient (Wildman–Crippen LogP) is 2.82. The number of hydrogen-bond acceptors (Lipinski definition) is 6. The van der Waals surface area contributed by atoms with Crippen molar-refractivity contribution in [2.75, 3.05) is 30.0 Å². The number of nitrogens with zero attached hydrogens (tertiary/aromatic N) is 1. The minimum Gasteiger partial charge on any atom is -0.478 e. The van der Waals surface area contributed by atoms with Crippen molar-refractivity contribution in [2.24, 2.45) is 0 Å². The van der Waals surface area contributed by atoms with E-state index in [1.54, 1.807) is 49.9 Å². The summed E-state index contributed by atoms with van der Waals surface area (Å²) in [5, 5.41) is 14.3. The van der Waals surface area contributed by atoms with E-state index in [1.807, 2.05) is 0 Å². The van der Waals surface area contributed by atoms with Crippen LogP contribution < -0.4 is 15.5 Å². The van der Waals surface area contributed by atoms with Gasteiger partial charge in [0.15, 0.2) is 0 Å². The summed E-state index contributed by atoms with van der Waals surface area (Å²) in [7, 11) is 0. The number of rotatable bonds is 7. The highest BCUT2D eigenvalue weighted by atomic mass is 16.6. The van der Waals surface area contributed by atoms with Crippen molar-refractivity contribution in [1.82, 2.24) is 5.32 Å². The van der Waals surface area contributed by atoms with E-state index in [2.05, 4.69) is 10.6 Å². The van der Waals surface area contributed by atoms with Gasteiger partial charge in [0, 0.05) is 24.3 Å². The molecule has 3 N–H and O–H groups in total. The first-order valence-electron chi connectivity index (χ1n) is 11.1. The Hall–Kier alpha value is -3.92. The molecule has 0 saturated carbocycles. The number of carboxylic acids is 1. The SMILES string of the molecule is CC(C)(C)OC(=O)NC(Cc1ccc(N2CCOCC2=O)cc1)C(=O)Nc1ccc(C(=O)O)cc1. The van der Waals surface area contributed by atoms with Gasteiger partial charge < -0.3 is 30.1 Å². The van der Waals surface area contributed by atoms with Gasteiger partial charge in [-0.2, -0.15) is 0 Å². The molecule has 0 aromatic heterocycles. The lowest BCUT2D eigenvalue weighted by Gasteiger charge is -2.27. The molecule has 1 aliphatic heterocycles. The van der Waals surface area contributed by atoms with Gasteiger partial charge in [-0.1, -0.05) is 12.1 Å². The molecule has 2 aromatic rings. The molecule has 3 rings (SSSR count). The van der Waals surface area contributed by atoms with Crippen molar-refractivity contribution < 1.29 is 33.8 Å². The Balaban J connectivity index is 1.74. The lowest BCUT2D eigenvalue weighted by Crippen LogP contribution is -2.47. The molecule has 0 radical (unpaired) electrons. The molecule has 10 heteroatoms. The van der Waals surface area contributed by atoms with Gasteiger partial charge in [0.05, 0.1) is 12.2 Å². The van der Waals surface area contributed by atoms with E-state index in [0.717, 1.165) is 11.3 Å². The molecule has 2 aromatic carbocycles. The smallest absolute Gasteiger partial charge is 0.408 e. The molecule has 1 unspecified atom stereocenters. The minimum atomic E-state index is -1.07. The zero-order chi connectivity index (χ0) is 25.6. The van der Waals surface area contributed by atoms with Crippen molar-refractivity contribution in [3.63, 3.8) is 0 Å². The maximum Gasteiger partial charge on any atom is 0.408 e. The largest absolute Gasteiger partial charge is 0.478 e. The molecule has 0 bridgehead atoms. The van der Waals surface area contributed by atoms with Crippen LogP contribution in [0.4, 0.5) is 16.2 Å². The molecule has 10 nitrogen and oxygen atoms in total. The zero-order valence-corrected chi connectivity index (χ0v) is 19.9. The van der Waals surface area contributed by atoms with Crippen molar-refractivity contribution >= 4 is 35.3 Å². The summed E-state index contributed by atoms with van der Waals surface area (Å²) in [6.07, 6.45) is -0.579. The molecular formula is C25H29N3O7. The van der Waals surface area contributed by atoms with Gasteiger partial charge in [0.2, 0.25) is 5.91 Å². The molecule has 1 fully saturated rings. The van der Waals surface area contributed by atoms with E-state index < -0.39 is 29.6 Å². The summed E-state index contributed by atoms with van der Waals surface area (Å²) < 4.78 is 10.5. The third-order valence-corrected chi connectivity index (χ3v) is 5.08. The number of carboxylic acid groups (broad SMARTS) is 1. The van der Waals surface area contributed by atoms with Crippen LogP contribution in [0.3, 0.4) is 0 Å². The fourth-order valence-corrected chi connectivity index (χ4v) is 3.42. The van der Waals surface area contributed by atoms with Crippen LogP contribution in [0.2, 0.25) is 0 Å². The highest BCUT2D eigenvalue weighted by molar-refractivity contribution is 5.97. The van der Waals surface area contributed by atoms with Crippen molar-refractivity contribution in [3.05, 3.63) is 59.7 Å². The average molecular weight is 484 g/mol. The standard InChI is InChI=1S/C25H29N3O7/c1-25(2,3)35-24(33)27-20(22(30)26-18-8-6-17(7-9-18)23(31)32)14-16-4-10-19(11-5-16)28-12-13-34-15-21(28)29/h4-11,20H,12-15H2,1-3H3,(H,26,30)(H,27,33)(H,31,32). The number of anilines is 2. The molecule has 1 saturated heterocycles. The molecule has 3 amide bonds. The average Bonchev–Trinajstić information content (AvgIpc) is 2.78. The van der Waals surface area contributed by atoms with Crippen LogP contribution in [-0.2, 0) is 25.5 Å². The molecule has 0 aliphatic carbocycles. The van der Waals surface area contributed by atoms with Crippen molar-refractivity contribution in [1.29, 1.82) is 0 Å². The third kappa shape index (κ3) is 7.54. The summed E-state index contributed by atoms with van der Waals surface area (Å²) in [6, 6.07) is 11.9. The number of hydrogen-bond donors (Lipinski definition) is 3. The molecule has 1 heterocycles. The van der Waals surface area contributed by atoms with Gasteiger partial charge >= 0.3 is 12.1 Å². The molecule has 1 atom stereocenters. The monoisotopic (exact) mass is 483 g/mol. The summed E-state index contributed by atoms with van der Waals surface area (Å²) >= 11 is 0. The van der Waals surface area contributed by atoms with Crippen LogP contribution in [0.5, 0.6) is 0 Å². The van der Waals surface area contributed by atoms with E-state index in [9.17, 15) is 19.2 Å². The third-order valence-electron chi connectivity index (χ3n) is 5.08. The highest BCUT2D eigenvalue weighted by Gasteiger charge is 2.26. The number of ether oxygens (including phenoxy) is 2. The molecule has 35 heavy (non-hydrogen) atoms. The van der Waals surface area contributed by atoms with Gasteiger partial charge in [0.25, 0.3) is 5.91 Å². The van der Waals surface area contributed by atoms with Gasteiger partial charge in [-0.15, -0.1) is 0 Å². The number of benzene rings is 2. The normalized spacial score (nSPS) is 14.7. The summed E-state index contributed by atoms with van der Waals surface area (Å²) in [4.78, 5) is 50.2. The number of carbonyl (C=O) groups is 4. The first-order chi connectivity index (χ1) is 16.5. The number of morpholine rings is 1. The predicted molar refractivity (Wildman–Crippen MR) is 129 cm³/mol.